The number of hydrogen-bond donors (Lipinski definition) is 1. The molecule has 1 aromatic heterocycles. The lowest BCUT2D eigenvalue weighted by atomic mass is 10.0. The number of ketones is 1. The van der Waals surface area contributed by atoms with E-state index in [1.54, 1.807) is 54.9 Å². The number of aromatic carboxylic acids is 1. The molecule has 0 aliphatic heterocycles. The molecule has 1 heterocycles. The van der Waals surface area contributed by atoms with Crippen molar-refractivity contribution in [3.63, 3.8) is 0 Å². The van der Waals surface area contributed by atoms with Gasteiger partial charge in [0.2, 0.25) is 0 Å². The fraction of sp³-hybridized carbons (Fsp3) is 0.105. The van der Waals surface area contributed by atoms with Gasteiger partial charge in [0.1, 0.15) is 11.5 Å². The summed E-state index contributed by atoms with van der Waals surface area (Å²) in [6.45, 7) is 1.67. The number of carbonyl (C=O) groups is 2. The maximum atomic E-state index is 12.4. The number of imidazole rings is 1. The van der Waals surface area contributed by atoms with Crippen LogP contribution in [0.5, 0.6) is 0 Å². The first-order valence-electron chi connectivity index (χ1n) is 7.46. The molecule has 5 heteroatoms. The van der Waals surface area contributed by atoms with Gasteiger partial charge in [-0.2, -0.15) is 0 Å². The van der Waals surface area contributed by atoms with Crippen LogP contribution in [0, 0.1) is 6.92 Å². The predicted octanol–water partition coefficient (Wildman–Crippen LogP) is 3.32. The lowest BCUT2D eigenvalue weighted by molar-refractivity contribution is 0.0685. The van der Waals surface area contributed by atoms with Crippen molar-refractivity contribution in [1.29, 1.82) is 0 Å². The molecule has 0 saturated carbocycles. The Bertz CT molecular complexity index is 910. The molecule has 0 radical (unpaired) electrons. The van der Waals surface area contributed by atoms with Gasteiger partial charge < -0.3 is 9.67 Å². The zero-order valence-corrected chi connectivity index (χ0v) is 13.4. The van der Waals surface area contributed by atoms with Gasteiger partial charge in [0.25, 0.3) is 0 Å². The first kappa shape index (κ1) is 15.7. The number of carbonyl (C=O) groups excluding carboxylic acids is 1. The third-order valence-electron chi connectivity index (χ3n) is 3.91. The van der Waals surface area contributed by atoms with E-state index in [0.29, 0.717) is 22.6 Å². The summed E-state index contributed by atoms with van der Waals surface area (Å²) in [6, 6.07) is 16.1. The van der Waals surface area contributed by atoms with Crippen molar-refractivity contribution in [2.24, 2.45) is 7.05 Å². The van der Waals surface area contributed by atoms with Gasteiger partial charge in [-0.3, -0.25) is 4.79 Å². The summed E-state index contributed by atoms with van der Waals surface area (Å²) in [5, 5.41) is 9.24. The number of carboxylic acids is 1. The van der Waals surface area contributed by atoms with Crippen LogP contribution < -0.4 is 0 Å². The summed E-state index contributed by atoms with van der Waals surface area (Å²) in [5.41, 5.74) is 2.59. The van der Waals surface area contributed by atoms with E-state index in [1.807, 2.05) is 18.2 Å². The van der Waals surface area contributed by atoms with Gasteiger partial charge in [-0.15, -0.1) is 0 Å². The quantitative estimate of drug-likeness (QED) is 0.748. The van der Waals surface area contributed by atoms with E-state index in [4.69, 9.17) is 0 Å². The Morgan fingerprint density at radius 2 is 1.54 bits per heavy atom. The predicted molar refractivity (Wildman–Crippen MR) is 90.2 cm³/mol. The number of hydrogen-bond acceptors (Lipinski definition) is 3. The number of aromatic nitrogens is 2. The third kappa shape index (κ3) is 2.72. The summed E-state index contributed by atoms with van der Waals surface area (Å²) in [7, 11) is 1.67. The van der Waals surface area contributed by atoms with Crippen LogP contribution in [-0.2, 0) is 7.05 Å². The minimum absolute atomic E-state index is 0.0515. The van der Waals surface area contributed by atoms with E-state index in [0.717, 1.165) is 5.56 Å². The molecule has 120 valence electrons. The molecule has 3 rings (SSSR count). The number of rotatable bonds is 4. The Kier molecular flexibility index (Phi) is 4.00. The molecule has 3 aromatic rings. The van der Waals surface area contributed by atoms with Crippen molar-refractivity contribution in [3.8, 4) is 11.4 Å². The Labute approximate surface area is 139 Å². The van der Waals surface area contributed by atoms with Gasteiger partial charge in [-0.1, -0.05) is 54.6 Å². The van der Waals surface area contributed by atoms with Gasteiger partial charge >= 0.3 is 5.97 Å². The van der Waals surface area contributed by atoms with E-state index < -0.39 is 5.97 Å². The fourth-order valence-electron chi connectivity index (χ4n) is 2.72. The zero-order chi connectivity index (χ0) is 17.3. The molecular formula is C19H16N2O3. The standard InChI is InChI=1S/C19H16N2O3/c1-12-16(19(23)24)21(2)18(20-12)15-10-8-14(9-11-15)17(22)13-6-4-3-5-7-13/h3-11H,1-2H3,(H,23,24). The maximum Gasteiger partial charge on any atom is 0.354 e. The second-order valence-corrected chi connectivity index (χ2v) is 5.51. The lowest BCUT2D eigenvalue weighted by Crippen LogP contribution is -2.06. The van der Waals surface area contributed by atoms with Crippen LogP contribution in [0.3, 0.4) is 0 Å². The molecule has 0 unspecified atom stereocenters. The first-order chi connectivity index (χ1) is 11.5. The minimum Gasteiger partial charge on any atom is -0.477 e. The van der Waals surface area contributed by atoms with Crippen LogP contribution in [0.25, 0.3) is 11.4 Å². The highest BCUT2D eigenvalue weighted by molar-refractivity contribution is 6.09. The lowest BCUT2D eigenvalue weighted by Gasteiger charge is -2.05. The number of benzene rings is 2. The molecule has 0 spiro atoms. The van der Waals surface area contributed by atoms with Gasteiger partial charge in [0.15, 0.2) is 5.78 Å². The van der Waals surface area contributed by atoms with Crippen LogP contribution in [0.15, 0.2) is 54.6 Å². The SMILES string of the molecule is Cc1nc(-c2ccc(C(=O)c3ccccc3)cc2)n(C)c1C(=O)O. The Morgan fingerprint density at radius 1 is 0.958 bits per heavy atom. The van der Waals surface area contributed by atoms with E-state index in [9.17, 15) is 14.7 Å². The summed E-state index contributed by atoms with van der Waals surface area (Å²) in [5.74, 6) is -0.502. The molecule has 1 N–H and O–H groups in total. The third-order valence-corrected chi connectivity index (χ3v) is 3.91. The monoisotopic (exact) mass is 320 g/mol. The van der Waals surface area contributed by atoms with E-state index in [1.165, 1.54) is 0 Å². The Morgan fingerprint density at radius 3 is 2.08 bits per heavy atom. The average Bonchev–Trinajstić information content (AvgIpc) is 2.89. The van der Waals surface area contributed by atoms with Crippen LogP contribution in [0.2, 0.25) is 0 Å². The molecule has 0 saturated heterocycles. The largest absolute Gasteiger partial charge is 0.477 e. The summed E-state index contributed by atoms with van der Waals surface area (Å²) in [6.07, 6.45) is 0. The molecule has 0 aliphatic carbocycles. The van der Waals surface area contributed by atoms with Crippen LogP contribution >= 0.6 is 0 Å². The fourth-order valence-corrected chi connectivity index (χ4v) is 2.72. The molecule has 2 aromatic carbocycles. The Hall–Kier alpha value is -3.21. The van der Waals surface area contributed by atoms with E-state index in [2.05, 4.69) is 4.98 Å². The van der Waals surface area contributed by atoms with E-state index >= 15 is 0 Å². The topological polar surface area (TPSA) is 72.2 Å². The second-order valence-electron chi connectivity index (χ2n) is 5.51. The van der Waals surface area contributed by atoms with Crippen molar-refractivity contribution in [1.82, 2.24) is 9.55 Å². The summed E-state index contributed by atoms with van der Waals surface area (Å²) in [4.78, 5) is 28.0. The highest BCUT2D eigenvalue weighted by Crippen LogP contribution is 2.22. The summed E-state index contributed by atoms with van der Waals surface area (Å²) < 4.78 is 1.55. The highest BCUT2D eigenvalue weighted by atomic mass is 16.4. The smallest absolute Gasteiger partial charge is 0.354 e. The second kappa shape index (κ2) is 6.12. The first-order valence-corrected chi connectivity index (χ1v) is 7.46. The zero-order valence-electron chi connectivity index (χ0n) is 13.4. The average molecular weight is 320 g/mol. The van der Waals surface area contributed by atoms with Gasteiger partial charge in [0, 0.05) is 23.7 Å². The minimum atomic E-state index is -1.01. The number of aryl methyl sites for hydroxylation is 1. The van der Waals surface area contributed by atoms with Gasteiger partial charge in [0.05, 0.1) is 5.69 Å². The summed E-state index contributed by atoms with van der Waals surface area (Å²) >= 11 is 0. The molecule has 0 fully saturated rings. The van der Waals surface area contributed by atoms with Crippen LogP contribution in [-0.4, -0.2) is 26.4 Å². The molecule has 5 nitrogen and oxygen atoms in total. The molecule has 24 heavy (non-hydrogen) atoms. The van der Waals surface area contributed by atoms with Crippen molar-refractivity contribution < 1.29 is 14.7 Å². The Balaban J connectivity index is 1.95. The van der Waals surface area contributed by atoms with Gasteiger partial charge in [-0.25, -0.2) is 9.78 Å². The molecular weight excluding hydrogens is 304 g/mol. The molecule has 0 bridgehead atoms. The number of nitrogens with zero attached hydrogens (tertiary/aromatic N) is 2. The highest BCUT2D eigenvalue weighted by Gasteiger charge is 2.18. The molecule has 0 amide bonds. The van der Waals surface area contributed by atoms with Gasteiger partial charge in [-0.05, 0) is 6.92 Å². The van der Waals surface area contributed by atoms with Crippen molar-refractivity contribution in [2.45, 2.75) is 6.92 Å². The van der Waals surface area contributed by atoms with Crippen molar-refractivity contribution in [2.75, 3.05) is 0 Å². The maximum absolute atomic E-state index is 12.4. The van der Waals surface area contributed by atoms with Crippen molar-refractivity contribution in [3.05, 3.63) is 77.1 Å². The normalized spacial score (nSPS) is 10.6. The van der Waals surface area contributed by atoms with E-state index in [-0.39, 0.29) is 11.5 Å². The molecule has 0 atom stereocenters. The van der Waals surface area contributed by atoms with Crippen LogP contribution in [0.1, 0.15) is 32.1 Å². The van der Waals surface area contributed by atoms with Crippen molar-refractivity contribution >= 4 is 11.8 Å². The number of carboxylic acid groups (broad SMARTS) is 1. The van der Waals surface area contributed by atoms with Crippen LogP contribution in [0.4, 0.5) is 0 Å². The molecule has 0 aliphatic rings.